The van der Waals surface area contributed by atoms with Gasteiger partial charge in [0.2, 0.25) is 0 Å². The number of hydrogen-bond donors (Lipinski definition) is 3. The number of rotatable bonds is 8. The molecule has 1 aliphatic heterocycles. The Kier molecular flexibility index (Phi) is 7.82. The van der Waals surface area contributed by atoms with Gasteiger partial charge >= 0.3 is 5.69 Å². The van der Waals surface area contributed by atoms with Gasteiger partial charge in [0.25, 0.3) is 11.2 Å². The monoisotopic (exact) mass is 561 g/mol. The molecule has 0 bridgehead atoms. The number of halogens is 1. The molecule has 12 heteroatoms. The van der Waals surface area contributed by atoms with E-state index in [2.05, 4.69) is 4.98 Å². The van der Waals surface area contributed by atoms with Crippen molar-refractivity contribution in [3.63, 3.8) is 0 Å². The smallest absolute Gasteiger partial charge is 0.330 e. The van der Waals surface area contributed by atoms with Gasteiger partial charge < -0.3 is 19.7 Å². The minimum Gasteiger partial charge on any atom is -0.394 e. The van der Waals surface area contributed by atoms with Gasteiger partial charge in [-0.05, 0) is 40.6 Å². The topological polar surface area (TPSA) is 157 Å². The molecule has 0 amide bonds. The number of ether oxygens (including phenoxy) is 2. The number of benzene rings is 1. The summed E-state index contributed by atoms with van der Waals surface area (Å²) in [5.41, 5.74) is -0.929. The van der Waals surface area contributed by atoms with Gasteiger partial charge in [0, 0.05) is 22.3 Å². The Morgan fingerprint density at radius 2 is 2.12 bits per heavy atom. The van der Waals surface area contributed by atoms with E-state index >= 15 is 0 Å². The molecule has 4 atom stereocenters. The number of aliphatic hydroxyl groups excluding tert-OH is 2. The summed E-state index contributed by atoms with van der Waals surface area (Å²) in [6.45, 7) is 3.08. The van der Waals surface area contributed by atoms with Crippen molar-refractivity contribution >= 4 is 28.3 Å². The van der Waals surface area contributed by atoms with Crippen LogP contribution in [0.3, 0.4) is 0 Å². The molecule has 174 valence electrons. The Morgan fingerprint density at radius 1 is 1.41 bits per heavy atom. The van der Waals surface area contributed by atoms with E-state index in [1.165, 1.54) is 12.3 Å². The lowest BCUT2D eigenvalue weighted by Crippen LogP contribution is -2.34. The van der Waals surface area contributed by atoms with Gasteiger partial charge in [-0.15, -0.1) is 0 Å². The third-order valence-corrected chi connectivity index (χ3v) is 5.93. The van der Waals surface area contributed by atoms with E-state index in [0.29, 0.717) is 9.13 Å². The first-order valence-electron chi connectivity index (χ1n) is 9.96. The van der Waals surface area contributed by atoms with E-state index in [4.69, 9.17) is 9.47 Å². The number of nitrogens with one attached hydrogen (secondary N) is 1. The molecule has 1 aromatic heterocycles. The van der Waals surface area contributed by atoms with Gasteiger partial charge in [-0.1, -0.05) is 13.8 Å². The summed E-state index contributed by atoms with van der Waals surface area (Å²) in [5.74, 6) is -0.141. The van der Waals surface area contributed by atoms with Gasteiger partial charge in [0.1, 0.15) is 12.3 Å². The van der Waals surface area contributed by atoms with Gasteiger partial charge in [-0.25, -0.2) is 4.79 Å². The van der Waals surface area contributed by atoms with Gasteiger partial charge in [0.05, 0.1) is 41.5 Å². The fourth-order valence-electron chi connectivity index (χ4n) is 3.63. The second-order valence-corrected chi connectivity index (χ2v) is 9.12. The fourth-order valence-corrected chi connectivity index (χ4v) is 4.11. The molecule has 0 radical (unpaired) electrons. The number of hydrogen-bond acceptors (Lipinski definition) is 8. The summed E-state index contributed by atoms with van der Waals surface area (Å²) in [4.78, 5) is 37.9. The Bertz CT molecular complexity index is 1100. The Hall–Kier alpha value is -2.13. The summed E-state index contributed by atoms with van der Waals surface area (Å²) < 4.78 is 13.3. The highest BCUT2D eigenvalue weighted by atomic mass is 127. The molecule has 0 aliphatic carbocycles. The van der Waals surface area contributed by atoms with Gasteiger partial charge in [-0.2, -0.15) is 0 Å². The maximum atomic E-state index is 12.3. The molecule has 1 saturated heterocycles. The number of nitro groups is 1. The van der Waals surface area contributed by atoms with Crippen LogP contribution in [0, 0.1) is 19.6 Å². The number of nitro benzene ring substituents is 1. The van der Waals surface area contributed by atoms with E-state index in [1.54, 1.807) is 12.1 Å². The standard InChI is InChI=1S/C20H24IN3O8/c1-10(2)18(13-4-3-12(21)5-14(13)24(29)30)31-9-11-7-23(20(28)22-19(11)27)17-6-15(26)16(8-25)32-17/h3-5,7,10,15-18,25-26H,6,8-9H2,1-2H3,(H,22,27,28)/t15-,16-,17-,18+/m1/s1. The largest absolute Gasteiger partial charge is 0.394 e. The molecule has 3 rings (SSSR count). The van der Waals surface area contributed by atoms with Crippen molar-refractivity contribution < 1.29 is 24.6 Å². The SMILES string of the molecule is CC(C)[C@H](OCc1cn([C@H]2C[C@@H](O)[C@@H](CO)O2)c(=O)[nH]c1=O)c1ccc(I)cc1[N+](=O)[O-]. The van der Waals surface area contributed by atoms with Crippen molar-refractivity contribution in [2.45, 2.75) is 51.4 Å². The van der Waals surface area contributed by atoms with Gasteiger partial charge in [0.15, 0.2) is 0 Å². The normalized spacial score (nSPS) is 21.8. The summed E-state index contributed by atoms with van der Waals surface area (Å²) in [6.07, 6.45) is -1.95. The van der Waals surface area contributed by atoms with Crippen LogP contribution in [0.15, 0.2) is 34.0 Å². The molecule has 32 heavy (non-hydrogen) atoms. The average molecular weight is 561 g/mol. The summed E-state index contributed by atoms with van der Waals surface area (Å²) in [6, 6.07) is 4.84. The van der Waals surface area contributed by atoms with Crippen molar-refractivity contribution in [2.24, 2.45) is 5.92 Å². The van der Waals surface area contributed by atoms with Crippen LogP contribution >= 0.6 is 22.6 Å². The van der Waals surface area contributed by atoms with Crippen LogP contribution in [0.25, 0.3) is 0 Å². The number of nitrogens with zero attached hydrogens (tertiary/aromatic N) is 2. The van der Waals surface area contributed by atoms with E-state index in [-0.39, 0.29) is 30.2 Å². The lowest BCUT2D eigenvalue weighted by atomic mass is 9.97. The van der Waals surface area contributed by atoms with E-state index < -0.39 is 47.3 Å². The lowest BCUT2D eigenvalue weighted by Gasteiger charge is -2.22. The summed E-state index contributed by atoms with van der Waals surface area (Å²) >= 11 is 1.99. The van der Waals surface area contributed by atoms with E-state index in [9.17, 15) is 29.9 Å². The molecule has 1 aromatic carbocycles. The minimum absolute atomic E-state index is 0.0704. The quantitative estimate of drug-likeness (QED) is 0.249. The van der Waals surface area contributed by atoms with Crippen LogP contribution in [0.1, 0.15) is 43.7 Å². The molecule has 2 heterocycles. The predicted octanol–water partition coefficient (Wildman–Crippen LogP) is 1.60. The highest BCUT2D eigenvalue weighted by molar-refractivity contribution is 14.1. The molecular formula is C20H24IN3O8. The molecule has 0 spiro atoms. The third-order valence-electron chi connectivity index (χ3n) is 5.26. The number of aliphatic hydroxyl groups is 2. The highest BCUT2D eigenvalue weighted by Gasteiger charge is 2.35. The highest BCUT2D eigenvalue weighted by Crippen LogP contribution is 2.34. The Labute approximate surface area is 196 Å². The van der Waals surface area contributed by atoms with Crippen LogP contribution in [-0.4, -0.2) is 43.5 Å². The average Bonchev–Trinajstić information content (AvgIpc) is 3.10. The van der Waals surface area contributed by atoms with Crippen LogP contribution in [0.2, 0.25) is 0 Å². The third kappa shape index (κ3) is 5.26. The maximum Gasteiger partial charge on any atom is 0.330 e. The fraction of sp³-hybridized carbons (Fsp3) is 0.500. The molecule has 0 unspecified atom stereocenters. The Morgan fingerprint density at radius 3 is 2.72 bits per heavy atom. The molecule has 1 fully saturated rings. The number of aromatic nitrogens is 2. The first-order chi connectivity index (χ1) is 15.1. The van der Waals surface area contributed by atoms with Crippen LogP contribution in [-0.2, 0) is 16.1 Å². The Balaban J connectivity index is 1.88. The molecule has 11 nitrogen and oxygen atoms in total. The van der Waals surface area contributed by atoms with Crippen molar-refractivity contribution in [3.05, 3.63) is 70.0 Å². The van der Waals surface area contributed by atoms with E-state index in [0.717, 1.165) is 4.57 Å². The first kappa shape index (κ1) is 24.5. The number of aromatic amines is 1. The summed E-state index contributed by atoms with van der Waals surface area (Å²) in [7, 11) is 0. The zero-order valence-electron chi connectivity index (χ0n) is 17.4. The second kappa shape index (κ2) is 10.2. The van der Waals surface area contributed by atoms with Gasteiger partial charge in [-0.3, -0.25) is 24.5 Å². The van der Waals surface area contributed by atoms with Crippen molar-refractivity contribution in [3.8, 4) is 0 Å². The summed E-state index contributed by atoms with van der Waals surface area (Å²) in [5, 5.41) is 30.7. The van der Waals surface area contributed by atoms with Crippen molar-refractivity contribution in [1.29, 1.82) is 0 Å². The zero-order chi connectivity index (χ0) is 23.6. The molecule has 0 saturated carbocycles. The lowest BCUT2D eigenvalue weighted by molar-refractivity contribution is -0.386. The minimum atomic E-state index is -0.949. The molecule has 1 aliphatic rings. The first-order valence-corrected chi connectivity index (χ1v) is 11.0. The maximum absolute atomic E-state index is 12.3. The number of H-pyrrole nitrogens is 1. The second-order valence-electron chi connectivity index (χ2n) is 7.87. The van der Waals surface area contributed by atoms with Crippen LogP contribution < -0.4 is 11.2 Å². The molecule has 2 aromatic rings. The predicted molar refractivity (Wildman–Crippen MR) is 121 cm³/mol. The van der Waals surface area contributed by atoms with E-state index in [1.807, 2.05) is 36.4 Å². The van der Waals surface area contributed by atoms with Crippen molar-refractivity contribution in [2.75, 3.05) is 6.61 Å². The molecule has 3 N–H and O–H groups in total. The molecular weight excluding hydrogens is 537 g/mol. The zero-order valence-corrected chi connectivity index (χ0v) is 19.6. The van der Waals surface area contributed by atoms with Crippen LogP contribution in [0.5, 0.6) is 0 Å². The van der Waals surface area contributed by atoms with Crippen LogP contribution in [0.4, 0.5) is 5.69 Å². The van der Waals surface area contributed by atoms with Crippen molar-refractivity contribution in [1.82, 2.24) is 9.55 Å².